The molecule has 0 bridgehead atoms. The van der Waals surface area contributed by atoms with Gasteiger partial charge in [0.1, 0.15) is 10.3 Å². The zero-order valence-electron chi connectivity index (χ0n) is 8.51. The largest absolute Gasteiger partial charge is 0.276 e. The van der Waals surface area contributed by atoms with E-state index in [4.69, 9.17) is 34.8 Å². The van der Waals surface area contributed by atoms with Gasteiger partial charge in [-0.3, -0.25) is 4.79 Å². The number of carbonyl (C=O) groups excluding carboxylic acids is 1. The molecule has 4 nitrogen and oxygen atoms in total. The number of halogens is 3. The van der Waals surface area contributed by atoms with Gasteiger partial charge in [-0.2, -0.15) is 5.10 Å². The van der Waals surface area contributed by atoms with Crippen LogP contribution in [-0.2, 0) is 0 Å². The molecule has 0 atom stereocenters. The number of nitrogens with one attached hydrogen (secondary N) is 1. The molecule has 1 aromatic heterocycles. The van der Waals surface area contributed by atoms with Gasteiger partial charge in [0.15, 0.2) is 0 Å². The standard InChI is InChI=1S/C9H8Cl3N3O/c1-4(2)14-15-9(16)7-5(10)3-6(11)13-8(7)12/h3H,1-2H3,(H,15,16). The van der Waals surface area contributed by atoms with Crippen molar-refractivity contribution in [3.05, 3.63) is 27.0 Å². The second-order valence-electron chi connectivity index (χ2n) is 3.09. The zero-order valence-corrected chi connectivity index (χ0v) is 10.8. The third kappa shape index (κ3) is 3.33. The van der Waals surface area contributed by atoms with Crippen LogP contribution in [0.4, 0.5) is 0 Å². The molecule has 1 rings (SSSR count). The molecule has 1 aromatic rings. The Morgan fingerprint density at radius 3 is 2.50 bits per heavy atom. The van der Waals surface area contributed by atoms with Crippen LogP contribution in [0, 0.1) is 0 Å². The van der Waals surface area contributed by atoms with E-state index in [0.29, 0.717) is 5.71 Å². The molecule has 0 aromatic carbocycles. The topological polar surface area (TPSA) is 54.4 Å². The van der Waals surface area contributed by atoms with Crippen LogP contribution in [-0.4, -0.2) is 16.6 Å². The lowest BCUT2D eigenvalue weighted by molar-refractivity contribution is 0.0954. The van der Waals surface area contributed by atoms with Crippen molar-refractivity contribution in [2.45, 2.75) is 13.8 Å². The summed E-state index contributed by atoms with van der Waals surface area (Å²) in [6.07, 6.45) is 0. The molecular formula is C9H8Cl3N3O. The molecule has 1 amide bonds. The fraction of sp³-hybridized carbons (Fsp3) is 0.222. The highest BCUT2D eigenvalue weighted by Crippen LogP contribution is 2.25. The minimum absolute atomic E-state index is 0.0535. The maximum absolute atomic E-state index is 11.6. The van der Waals surface area contributed by atoms with E-state index in [1.54, 1.807) is 13.8 Å². The molecule has 16 heavy (non-hydrogen) atoms. The maximum Gasteiger partial charge on any atom is 0.276 e. The lowest BCUT2D eigenvalue weighted by Gasteiger charge is -2.05. The Kier molecular flexibility index (Phi) is 4.53. The fourth-order valence-corrected chi connectivity index (χ4v) is 1.78. The molecule has 0 radical (unpaired) electrons. The summed E-state index contributed by atoms with van der Waals surface area (Å²) in [5, 5.41) is 3.95. The summed E-state index contributed by atoms with van der Waals surface area (Å²) in [6, 6.07) is 1.34. The monoisotopic (exact) mass is 279 g/mol. The molecule has 0 saturated carbocycles. The first-order valence-electron chi connectivity index (χ1n) is 4.24. The van der Waals surface area contributed by atoms with E-state index in [1.807, 2.05) is 0 Å². The van der Waals surface area contributed by atoms with Gasteiger partial charge in [-0.25, -0.2) is 10.4 Å². The number of rotatable bonds is 2. The van der Waals surface area contributed by atoms with E-state index < -0.39 is 5.91 Å². The first-order valence-corrected chi connectivity index (χ1v) is 5.38. The Bertz CT molecular complexity index is 432. The second kappa shape index (κ2) is 5.48. The smallest absolute Gasteiger partial charge is 0.267 e. The summed E-state index contributed by atoms with van der Waals surface area (Å²) < 4.78 is 0. The Balaban J connectivity index is 3.05. The van der Waals surface area contributed by atoms with Gasteiger partial charge < -0.3 is 0 Å². The minimum atomic E-state index is -0.527. The number of aromatic nitrogens is 1. The summed E-state index contributed by atoms with van der Waals surface area (Å²) in [5.74, 6) is -0.527. The van der Waals surface area contributed by atoms with Crippen LogP contribution in [0.5, 0.6) is 0 Å². The number of hydrazone groups is 1. The van der Waals surface area contributed by atoms with Gasteiger partial charge >= 0.3 is 0 Å². The van der Waals surface area contributed by atoms with Gasteiger partial charge in [0.25, 0.3) is 5.91 Å². The van der Waals surface area contributed by atoms with E-state index in [1.165, 1.54) is 6.07 Å². The Morgan fingerprint density at radius 2 is 2.00 bits per heavy atom. The third-order valence-electron chi connectivity index (χ3n) is 1.50. The average Bonchev–Trinajstić information content (AvgIpc) is 2.12. The van der Waals surface area contributed by atoms with Crippen molar-refractivity contribution in [3.8, 4) is 0 Å². The Labute approximate surface area is 108 Å². The Hall–Kier alpha value is -0.840. The number of hydrogen-bond acceptors (Lipinski definition) is 3. The van der Waals surface area contributed by atoms with E-state index in [0.717, 1.165) is 0 Å². The van der Waals surface area contributed by atoms with Crippen molar-refractivity contribution < 1.29 is 4.79 Å². The number of pyridine rings is 1. The molecule has 86 valence electrons. The van der Waals surface area contributed by atoms with Crippen LogP contribution in [0.1, 0.15) is 24.2 Å². The normalized spacial score (nSPS) is 9.81. The van der Waals surface area contributed by atoms with Gasteiger partial charge in [0.2, 0.25) is 0 Å². The van der Waals surface area contributed by atoms with Crippen molar-refractivity contribution in [2.75, 3.05) is 0 Å². The van der Waals surface area contributed by atoms with E-state index in [9.17, 15) is 4.79 Å². The quantitative estimate of drug-likeness (QED) is 0.514. The van der Waals surface area contributed by atoms with Crippen LogP contribution >= 0.6 is 34.8 Å². The number of amides is 1. The summed E-state index contributed by atoms with van der Waals surface area (Å²) in [5.41, 5.74) is 3.05. The van der Waals surface area contributed by atoms with Gasteiger partial charge in [0, 0.05) is 5.71 Å². The minimum Gasteiger partial charge on any atom is -0.267 e. The molecule has 0 aliphatic rings. The van der Waals surface area contributed by atoms with Gasteiger partial charge in [-0.1, -0.05) is 34.8 Å². The van der Waals surface area contributed by atoms with Crippen molar-refractivity contribution >= 4 is 46.4 Å². The number of hydrogen-bond donors (Lipinski definition) is 1. The first kappa shape index (κ1) is 13.2. The van der Waals surface area contributed by atoms with Gasteiger partial charge in [-0.05, 0) is 19.9 Å². The van der Waals surface area contributed by atoms with E-state index in [2.05, 4.69) is 15.5 Å². The van der Waals surface area contributed by atoms with Gasteiger partial charge in [-0.15, -0.1) is 0 Å². The molecule has 7 heteroatoms. The van der Waals surface area contributed by atoms with Crippen molar-refractivity contribution in [1.82, 2.24) is 10.4 Å². The SMILES string of the molecule is CC(C)=NNC(=O)c1c(Cl)cc(Cl)nc1Cl. The molecule has 1 heterocycles. The fourth-order valence-electron chi connectivity index (χ4n) is 0.878. The highest BCUT2D eigenvalue weighted by Gasteiger charge is 2.16. The van der Waals surface area contributed by atoms with Crippen LogP contribution in [0.15, 0.2) is 11.2 Å². The molecule has 1 N–H and O–H groups in total. The predicted octanol–water partition coefficient (Wildman–Crippen LogP) is 3.17. The molecule has 0 aliphatic carbocycles. The van der Waals surface area contributed by atoms with E-state index >= 15 is 0 Å². The van der Waals surface area contributed by atoms with Crippen LogP contribution in [0.3, 0.4) is 0 Å². The van der Waals surface area contributed by atoms with Crippen LogP contribution < -0.4 is 5.43 Å². The van der Waals surface area contributed by atoms with Crippen LogP contribution in [0.2, 0.25) is 15.3 Å². The first-order chi connectivity index (χ1) is 7.41. The molecule has 0 aliphatic heterocycles. The Morgan fingerprint density at radius 1 is 1.38 bits per heavy atom. The molecule has 0 saturated heterocycles. The number of nitrogens with zero attached hydrogens (tertiary/aromatic N) is 2. The molecule has 0 fully saturated rings. The zero-order chi connectivity index (χ0) is 12.3. The number of carbonyl (C=O) groups is 1. The lowest BCUT2D eigenvalue weighted by Crippen LogP contribution is -2.19. The van der Waals surface area contributed by atoms with Gasteiger partial charge in [0.05, 0.1) is 10.6 Å². The van der Waals surface area contributed by atoms with Crippen molar-refractivity contribution in [2.24, 2.45) is 5.10 Å². The van der Waals surface area contributed by atoms with Crippen LogP contribution in [0.25, 0.3) is 0 Å². The average molecular weight is 281 g/mol. The predicted molar refractivity (Wildman–Crippen MR) is 65.5 cm³/mol. The lowest BCUT2D eigenvalue weighted by atomic mass is 10.3. The summed E-state index contributed by atoms with van der Waals surface area (Å²) in [6.45, 7) is 3.48. The molecule has 0 unspecified atom stereocenters. The summed E-state index contributed by atoms with van der Waals surface area (Å²) in [4.78, 5) is 15.4. The highest BCUT2D eigenvalue weighted by molar-refractivity contribution is 6.40. The highest BCUT2D eigenvalue weighted by atomic mass is 35.5. The summed E-state index contributed by atoms with van der Waals surface area (Å²) >= 11 is 17.2. The molecule has 0 spiro atoms. The van der Waals surface area contributed by atoms with Crippen molar-refractivity contribution in [3.63, 3.8) is 0 Å². The van der Waals surface area contributed by atoms with E-state index in [-0.39, 0.29) is 20.9 Å². The second-order valence-corrected chi connectivity index (χ2v) is 4.25. The molecular weight excluding hydrogens is 272 g/mol. The summed E-state index contributed by atoms with van der Waals surface area (Å²) in [7, 11) is 0. The van der Waals surface area contributed by atoms with Crippen molar-refractivity contribution in [1.29, 1.82) is 0 Å². The third-order valence-corrected chi connectivity index (χ3v) is 2.27. The maximum atomic E-state index is 11.6.